The number of hydrogen-bond donors (Lipinski definition) is 0. The molecule has 2 aromatic carbocycles. The number of halogens is 1. The van der Waals surface area contributed by atoms with Gasteiger partial charge in [0.15, 0.2) is 0 Å². The number of benzene rings is 2. The maximum absolute atomic E-state index is 13.4. The lowest BCUT2D eigenvalue weighted by Crippen LogP contribution is -2.29. The summed E-state index contributed by atoms with van der Waals surface area (Å²) in [6.45, 7) is 0.327. The first-order chi connectivity index (χ1) is 10.0. The van der Waals surface area contributed by atoms with Crippen LogP contribution in [0.3, 0.4) is 0 Å². The predicted octanol–water partition coefficient (Wildman–Crippen LogP) is 2.59. The highest BCUT2D eigenvalue weighted by Gasteiger charge is 2.31. The van der Waals surface area contributed by atoms with Gasteiger partial charge in [-0.15, -0.1) is 0 Å². The van der Waals surface area contributed by atoms with E-state index in [1.807, 2.05) is 0 Å². The highest BCUT2D eigenvalue weighted by molar-refractivity contribution is 7.92. The van der Waals surface area contributed by atoms with Crippen molar-refractivity contribution in [2.24, 2.45) is 0 Å². The molecule has 2 aromatic rings. The highest BCUT2D eigenvalue weighted by atomic mass is 32.2. The van der Waals surface area contributed by atoms with Crippen LogP contribution in [-0.2, 0) is 16.4 Å². The summed E-state index contributed by atoms with van der Waals surface area (Å²) in [7, 11) is -2.17. The molecule has 0 atom stereocenters. The normalized spacial score (nSPS) is 14.1. The van der Waals surface area contributed by atoms with E-state index in [0.29, 0.717) is 24.4 Å². The van der Waals surface area contributed by atoms with Gasteiger partial charge in [0.25, 0.3) is 10.0 Å². The van der Waals surface area contributed by atoms with Gasteiger partial charge in [-0.3, -0.25) is 4.31 Å². The Hall–Kier alpha value is -2.08. The first-order valence-corrected chi connectivity index (χ1v) is 7.91. The van der Waals surface area contributed by atoms with E-state index in [-0.39, 0.29) is 4.90 Å². The van der Waals surface area contributed by atoms with Crippen LogP contribution in [0.1, 0.15) is 5.56 Å². The molecule has 0 unspecified atom stereocenters. The minimum atomic E-state index is -3.68. The predicted molar refractivity (Wildman–Crippen MR) is 77.6 cm³/mol. The van der Waals surface area contributed by atoms with Crippen molar-refractivity contribution in [3.8, 4) is 5.75 Å². The van der Waals surface area contributed by atoms with Crippen LogP contribution in [0.4, 0.5) is 10.1 Å². The van der Waals surface area contributed by atoms with E-state index in [1.54, 1.807) is 18.2 Å². The largest absolute Gasteiger partial charge is 0.497 e. The van der Waals surface area contributed by atoms with E-state index < -0.39 is 15.8 Å². The van der Waals surface area contributed by atoms with Crippen LogP contribution >= 0.6 is 0 Å². The third kappa shape index (κ3) is 2.35. The number of sulfonamides is 1. The monoisotopic (exact) mass is 307 g/mol. The summed E-state index contributed by atoms with van der Waals surface area (Å²) in [5, 5.41) is 0. The molecule has 0 bridgehead atoms. The minimum Gasteiger partial charge on any atom is -0.497 e. The van der Waals surface area contributed by atoms with Crippen LogP contribution < -0.4 is 9.04 Å². The molecule has 0 aliphatic carbocycles. The fourth-order valence-electron chi connectivity index (χ4n) is 2.45. The maximum Gasteiger partial charge on any atom is 0.264 e. The Morgan fingerprint density at radius 3 is 2.52 bits per heavy atom. The van der Waals surface area contributed by atoms with Crippen LogP contribution in [0, 0.1) is 5.82 Å². The molecule has 0 aromatic heterocycles. The van der Waals surface area contributed by atoms with Gasteiger partial charge in [0.2, 0.25) is 0 Å². The zero-order chi connectivity index (χ0) is 15.0. The van der Waals surface area contributed by atoms with Crippen molar-refractivity contribution in [3.05, 3.63) is 53.8 Å². The molecule has 0 spiro atoms. The highest BCUT2D eigenvalue weighted by Crippen LogP contribution is 2.33. The van der Waals surface area contributed by atoms with Gasteiger partial charge in [-0.05, 0) is 48.4 Å². The first-order valence-electron chi connectivity index (χ1n) is 6.47. The molecule has 0 amide bonds. The summed E-state index contributed by atoms with van der Waals surface area (Å²) in [6, 6.07) is 10.4. The van der Waals surface area contributed by atoms with Crippen LogP contribution in [0.15, 0.2) is 47.4 Å². The SMILES string of the molecule is COc1ccc(S(=O)(=O)N2CCc3ccc(F)cc32)cc1. The molecule has 0 fully saturated rings. The summed E-state index contributed by atoms with van der Waals surface area (Å²) in [4.78, 5) is 0.167. The summed E-state index contributed by atoms with van der Waals surface area (Å²) in [5.74, 6) is 0.146. The summed E-state index contributed by atoms with van der Waals surface area (Å²) >= 11 is 0. The third-order valence-corrected chi connectivity index (χ3v) is 5.38. The van der Waals surface area contributed by atoms with Crippen molar-refractivity contribution >= 4 is 15.7 Å². The zero-order valence-corrected chi connectivity index (χ0v) is 12.2. The van der Waals surface area contributed by atoms with E-state index in [1.165, 1.54) is 35.7 Å². The quantitative estimate of drug-likeness (QED) is 0.875. The summed E-state index contributed by atoms with van der Waals surface area (Å²) in [6.07, 6.45) is 0.588. The van der Waals surface area contributed by atoms with Gasteiger partial charge < -0.3 is 4.74 Å². The molecule has 110 valence electrons. The fourth-order valence-corrected chi connectivity index (χ4v) is 3.94. The number of anilines is 1. The van der Waals surface area contributed by atoms with Crippen LogP contribution in [0.5, 0.6) is 5.75 Å². The van der Waals surface area contributed by atoms with Crippen molar-refractivity contribution in [2.75, 3.05) is 18.0 Å². The Morgan fingerprint density at radius 1 is 1.14 bits per heavy atom. The molecule has 0 saturated heterocycles. The Labute approximate surface area is 122 Å². The molecule has 6 heteroatoms. The Kier molecular flexibility index (Phi) is 3.33. The van der Waals surface area contributed by atoms with Crippen LogP contribution in [0.25, 0.3) is 0 Å². The molecular formula is C15H14FNO3S. The molecule has 1 heterocycles. The molecule has 0 radical (unpaired) electrons. The second-order valence-corrected chi connectivity index (χ2v) is 6.64. The minimum absolute atomic E-state index is 0.167. The lowest BCUT2D eigenvalue weighted by atomic mass is 10.2. The molecule has 21 heavy (non-hydrogen) atoms. The molecule has 3 rings (SSSR count). The van der Waals surface area contributed by atoms with Crippen molar-refractivity contribution < 1.29 is 17.5 Å². The van der Waals surface area contributed by atoms with Gasteiger partial charge >= 0.3 is 0 Å². The van der Waals surface area contributed by atoms with E-state index in [0.717, 1.165) is 5.56 Å². The molecule has 0 N–H and O–H groups in total. The fraction of sp³-hybridized carbons (Fsp3) is 0.200. The average Bonchev–Trinajstić information content (AvgIpc) is 2.91. The van der Waals surface area contributed by atoms with Gasteiger partial charge in [0, 0.05) is 6.54 Å². The second kappa shape index (κ2) is 5.04. The van der Waals surface area contributed by atoms with Gasteiger partial charge in [0.05, 0.1) is 17.7 Å². The number of hydrogen-bond acceptors (Lipinski definition) is 3. The number of rotatable bonds is 3. The molecule has 1 aliphatic heterocycles. The van der Waals surface area contributed by atoms with Crippen LogP contribution in [-0.4, -0.2) is 22.1 Å². The van der Waals surface area contributed by atoms with E-state index in [2.05, 4.69) is 0 Å². The van der Waals surface area contributed by atoms with Crippen molar-refractivity contribution in [3.63, 3.8) is 0 Å². The third-order valence-electron chi connectivity index (χ3n) is 3.55. The smallest absolute Gasteiger partial charge is 0.264 e. The lowest BCUT2D eigenvalue weighted by Gasteiger charge is -2.19. The molecule has 4 nitrogen and oxygen atoms in total. The van der Waals surface area contributed by atoms with Gasteiger partial charge in [-0.2, -0.15) is 0 Å². The van der Waals surface area contributed by atoms with Gasteiger partial charge in [-0.1, -0.05) is 6.07 Å². The average molecular weight is 307 g/mol. The molecular weight excluding hydrogens is 293 g/mol. The van der Waals surface area contributed by atoms with E-state index in [9.17, 15) is 12.8 Å². The first kappa shape index (κ1) is 13.9. The Morgan fingerprint density at radius 2 is 1.86 bits per heavy atom. The number of nitrogens with zero attached hydrogens (tertiary/aromatic N) is 1. The van der Waals surface area contributed by atoms with Crippen molar-refractivity contribution in [1.29, 1.82) is 0 Å². The van der Waals surface area contributed by atoms with Crippen molar-refractivity contribution in [1.82, 2.24) is 0 Å². The van der Waals surface area contributed by atoms with Gasteiger partial charge in [-0.25, -0.2) is 12.8 Å². The topological polar surface area (TPSA) is 46.6 Å². The van der Waals surface area contributed by atoms with E-state index in [4.69, 9.17) is 4.74 Å². The van der Waals surface area contributed by atoms with Crippen LogP contribution in [0.2, 0.25) is 0 Å². The number of fused-ring (bicyclic) bond motifs is 1. The van der Waals surface area contributed by atoms with Gasteiger partial charge in [0.1, 0.15) is 11.6 Å². The number of ether oxygens (including phenoxy) is 1. The Balaban J connectivity index is 2.02. The van der Waals surface area contributed by atoms with E-state index >= 15 is 0 Å². The molecule has 0 saturated carbocycles. The molecule has 1 aliphatic rings. The zero-order valence-electron chi connectivity index (χ0n) is 11.4. The maximum atomic E-state index is 13.4. The standard InChI is InChI=1S/C15H14FNO3S/c1-20-13-4-6-14(7-5-13)21(18,19)17-9-8-11-2-3-12(16)10-15(11)17/h2-7,10H,8-9H2,1H3. The van der Waals surface area contributed by atoms with Crippen molar-refractivity contribution in [2.45, 2.75) is 11.3 Å². The Bertz CT molecular complexity index is 772. The summed E-state index contributed by atoms with van der Waals surface area (Å²) < 4.78 is 45.0. The summed E-state index contributed by atoms with van der Waals surface area (Å²) in [5.41, 5.74) is 1.26. The lowest BCUT2D eigenvalue weighted by molar-refractivity contribution is 0.414. The second-order valence-electron chi connectivity index (χ2n) is 4.78. The number of methoxy groups -OCH3 is 1.